The van der Waals surface area contributed by atoms with Crippen molar-refractivity contribution in [2.45, 2.75) is 57.4 Å². The first-order valence-corrected chi connectivity index (χ1v) is 9.66. The summed E-state index contributed by atoms with van der Waals surface area (Å²) < 4.78 is 0. The number of carbonyl (C=O) groups is 1. The number of hydrogen-bond acceptors (Lipinski definition) is 5. The van der Waals surface area contributed by atoms with E-state index in [2.05, 4.69) is 5.32 Å². The molecule has 2 aliphatic rings. The first-order chi connectivity index (χ1) is 11.5. The fraction of sp³-hybridized carbons (Fsp3) is 0.611. The van der Waals surface area contributed by atoms with E-state index in [1.54, 1.807) is 19.0 Å². The summed E-state index contributed by atoms with van der Waals surface area (Å²) in [7, 11) is 3.58. The van der Waals surface area contributed by atoms with Crippen LogP contribution >= 0.6 is 11.3 Å². The number of carbonyl (C=O) groups excluding carboxylic acids is 1. The Morgan fingerprint density at radius 1 is 1.25 bits per heavy atom. The maximum Gasteiger partial charge on any atom is 0.244 e. The fourth-order valence-corrected chi connectivity index (χ4v) is 4.72. The molecule has 2 aromatic rings. The van der Waals surface area contributed by atoms with Crippen molar-refractivity contribution >= 4 is 33.3 Å². The molecule has 1 fully saturated rings. The minimum atomic E-state index is -0.288. The van der Waals surface area contributed by atoms with Gasteiger partial charge in [0.05, 0.1) is 5.39 Å². The zero-order chi connectivity index (χ0) is 16.8. The quantitative estimate of drug-likeness (QED) is 0.924. The lowest BCUT2D eigenvalue weighted by Crippen LogP contribution is -2.37. The standard InChI is InChI=1S/C18H24N4OS/c1-10(18(23)22(2)3)19-16-14-12-6-4-5-7-13(12)24-17(14)21-15(20-16)11-8-9-11/h10-11H,4-9H2,1-3H3,(H,19,20,21). The van der Waals surface area contributed by atoms with E-state index >= 15 is 0 Å². The zero-order valence-corrected chi connectivity index (χ0v) is 15.4. The van der Waals surface area contributed by atoms with Gasteiger partial charge in [0.2, 0.25) is 5.91 Å². The minimum Gasteiger partial charge on any atom is -0.358 e. The maximum absolute atomic E-state index is 12.3. The number of aryl methyl sites for hydroxylation is 2. The number of thiophene rings is 1. The van der Waals surface area contributed by atoms with Crippen molar-refractivity contribution < 1.29 is 4.79 Å². The van der Waals surface area contributed by atoms with Crippen LogP contribution in [-0.2, 0) is 17.6 Å². The normalized spacial score (nSPS) is 18.3. The summed E-state index contributed by atoms with van der Waals surface area (Å²) >= 11 is 1.83. The molecule has 0 spiro atoms. The Balaban J connectivity index is 1.79. The van der Waals surface area contributed by atoms with Crippen LogP contribution in [0, 0.1) is 0 Å². The van der Waals surface area contributed by atoms with Gasteiger partial charge in [-0.3, -0.25) is 4.79 Å². The van der Waals surface area contributed by atoms with Gasteiger partial charge in [0.15, 0.2) is 0 Å². The van der Waals surface area contributed by atoms with Gasteiger partial charge >= 0.3 is 0 Å². The highest BCUT2D eigenvalue weighted by atomic mass is 32.1. The molecule has 2 heterocycles. The summed E-state index contributed by atoms with van der Waals surface area (Å²) in [6, 6.07) is -0.288. The monoisotopic (exact) mass is 344 g/mol. The van der Waals surface area contributed by atoms with Crippen molar-refractivity contribution in [2.24, 2.45) is 0 Å². The number of nitrogens with one attached hydrogen (secondary N) is 1. The molecule has 0 saturated heterocycles. The van der Waals surface area contributed by atoms with E-state index in [1.165, 1.54) is 36.1 Å². The van der Waals surface area contributed by atoms with Crippen LogP contribution in [0.3, 0.4) is 0 Å². The first kappa shape index (κ1) is 15.8. The van der Waals surface area contributed by atoms with Gasteiger partial charge in [0.25, 0.3) is 0 Å². The number of rotatable bonds is 4. The Morgan fingerprint density at radius 3 is 2.71 bits per heavy atom. The van der Waals surface area contributed by atoms with Crippen LogP contribution in [0.25, 0.3) is 10.2 Å². The molecule has 5 nitrogen and oxygen atoms in total. The lowest BCUT2D eigenvalue weighted by molar-refractivity contribution is -0.129. The van der Waals surface area contributed by atoms with Crippen molar-refractivity contribution in [3.8, 4) is 0 Å². The number of amides is 1. The second-order valence-corrected chi connectivity index (χ2v) is 8.28. The molecule has 0 aliphatic heterocycles. The Kier molecular flexibility index (Phi) is 3.95. The van der Waals surface area contributed by atoms with Crippen molar-refractivity contribution in [1.29, 1.82) is 0 Å². The fourth-order valence-electron chi connectivity index (χ4n) is 3.46. The number of fused-ring (bicyclic) bond motifs is 3. The van der Waals surface area contributed by atoms with E-state index in [0.29, 0.717) is 5.92 Å². The molecule has 128 valence electrons. The Bertz CT molecular complexity index is 794. The summed E-state index contributed by atoms with van der Waals surface area (Å²) in [5.41, 5.74) is 1.41. The van der Waals surface area contributed by atoms with E-state index in [9.17, 15) is 4.79 Å². The minimum absolute atomic E-state index is 0.0684. The van der Waals surface area contributed by atoms with E-state index in [1.807, 2.05) is 18.3 Å². The number of anilines is 1. The molecule has 1 atom stereocenters. The number of hydrogen-bond donors (Lipinski definition) is 1. The van der Waals surface area contributed by atoms with Crippen molar-refractivity contribution in [3.63, 3.8) is 0 Å². The molecule has 0 radical (unpaired) electrons. The van der Waals surface area contributed by atoms with Gasteiger partial charge in [-0.05, 0) is 51.0 Å². The molecule has 1 N–H and O–H groups in total. The molecule has 2 aromatic heterocycles. The third-order valence-electron chi connectivity index (χ3n) is 4.94. The molecular formula is C18H24N4OS. The smallest absolute Gasteiger partial charge is 0.244 e. The number of nitrogens with zero attached hydrogens (tertiary/aromatic N) is 3. The molecule has 24 heavy (non-hydrogen) atoms. The Labute approximate surface area is 146 Å². The third-order valence-corrected chi connectivity index (χ3v) is 6.12. The highest BCUT2D eigenvalue weighted by molar-refractivity contribution is 7.19. The summed E-state index contributed by atoms with van der Waals surface area (Å²) in [6.07, 6.45) is 7.12. The first-order valence-electron chi connectivity index (χ1n) is 8.84. The zero-order valence-electron chi connectivity index (χ0n) is 14.6. The molecular weight excluding hydrogens is 320 g/mol. The summed E-state index contributed by atoms with van der Waals surface area (Å²) in [5.74, 6) is 2.39. The molecule has 1 saturated carbocycles. The highest BCUT2D eigenvalue weighted by Crippen LogP contribution is 2.43. The molecule has 0 aromatic carbocycles. The van der Waals surface area contributed by atoms with Gasteiger partial charge in [0, 0.05) is 24.9 Å². The largest absolute Gasteiger partial charge is 0.358 e. The van der Waals surface area contributed by atoms with E-state index < -0.39 is 0 Å². The summed E-state index contributed by atoms with van der Waals surface area (Å²) in [4.78, 5) is 26.2. The van der Waals surface area contributed by atoms with Gasteiger partial charge in [-0.2, -0.15) is 0 Å². The van der Waals surface area contributed by atoms with Gasteiger partial charge in [0.1, 0.15) is 22.5 Å². The van der Waals surface area contributed by atoms with E-state index in [0.717, 1.165) is 34.7 Å². The Morgan fingerprint density at radius 2 is 2.00 bits per heavy atom. The second kappa shape index (κ2) is 5.99. The van der Waals surface area contributed by atoms with Crippen LogP contribution in [0.2, 0.25) is 0 Å². The number of likely N-dealkylation sites (N-methyl/N-ethyl adjacent to an activating group) is 1. The summed E-state index contributed by atoms with van der Waals surface area (Å²) in [5, 5.41) is 4.55. The van der Waals surface area contributed by atoms with E-state index in [4.69, 9.17) is 9.97 Å². The Hall–Kier alpha value is -1.69. The molecule has 1 unspecified atom stereocenters. The van der Waals surface area contributed by atoms with Gasteiger partial charge < -0.3 is 10.2 Å². The van der Waals surface area contributed by atoms with Crippen LogP contribution in [0.15, 0.2) is 0 Å². The molecule has 2 aliphatic carbocycles. The van der Waals surface area contributed by atoms with Gasteiger partial charge in [-0.15, -0.1) is 11.3 Å². The van der Waals surface area contributed by atoms with Crippen LogP contribution in [0.1, 0.15) is 54.8 Å². The van der Waals surface area contributed by atoms with Gasteiger partial charge in [-0.25, -0.2) is 9.97 Å². The van der Waals surface area contributed by atoms with Crippen molar-refractivity contribution in [1.82, 2.24) is 14.9 Å². The highest BCUT2D eigenvalue weighted by Gasteiger charge is 2.30. The van der Waals surface area contributed by atoms with Crippen LogP contribution in [0.5, 0.6) is 0 Å². The number of aromatic nitrogens is 2. The molecule has 6 heteroatoms. The van der Waals surface area contributed by atoms with Crippen LogP contribution < -0.4 is 5.32 Å². The SMILES string of the molecule is CC(Nc1nc(C2CC2)nc2sc3c(c12)CCCC3)C(=O)N(C)C. The predicted molar refractivity (Wildman–Crippen MR) is 97.8 cm³/mol. The van der Waals surface area contributed by atoms with E-state index in [-0.39, 0.29) is 11.9 Å². The second-order valence-electron chi connectivity index (χ2n) is 7.19. The van der Waals surface area contributed by atoms with Crippen LogP contribution in [-0.4, -0.2) is 40.9 Å². The average molecular weight is 344 g/mol. The molecule has 4 rings (SSSR count). The van der Waals surface area contributed by atoms with Crippen molar-refractivity contribution in [3.05, 3.63) is 16.3 Å². The third kappa shape index (κ3) is 2.77. The lowest BCUT2D eigenvalue weighted by Gasteiger charge is -2.20. The van der Waals surface area contributed by atoms with Gasteiger partial charge in [-0.1, -0.05) is 0 Å². The lowest BCUT2D eigenvalue weighted by atomic mass is 9.97. The topological polar surface area (TPSA) is 58.1 Å². The average Bonchev–Trinajstić information content (AvgIpc) is 3.34. The maximum atomic E-state index is 12.3. The van der Waals surface area contributed by atoms with Crippen molar-refractivity contribution in [2.75, 3.05) is 19.4 Å². The summed E-state index contributed by atoms with van der Waals surface area (Å²) in [6.45, 7) is 1.91. The molecule has 0 bridgehead atoms. The predicted octanol–water partition coefficient (Wildman–Crippen LogP) is 3.34. The van der Waals surface area contributed by atoms with Crippen LogP contribution in [0.4, 0.5) is 5.82 Å². The molecule has 1 amide bonds.